The molecular formula is C13H19NO2. The first kappa shape index (κ1) is 12.7. The summed E-state index contributed by atoms with van der Waals surface area (Å²) in [7, 11) is 0. The summed E-state index contributed by atoms with van der Waals surface area (Å²) >= 11 is 0. The smallest absolute Gasteiger partial charge is 0.115 e. The van der Waals surface area contributed by atoms with Gasteiger partial charge in [0, 0.05) is 5.56 Å². The van der Waals surface area contributed by atoms with Crippen LogP contribution in [0.4, 0.5) is 0 Å². The van der Waals surface area contributed by atoms with E-state index in [1.165, 1.54) is 0 Å². The van der Waals surface area contributed by atoms with E-state index in [0.717, 1.165) is 12.0 Å². The van der Waals surface area contributed by atoms with Gasteiger partial charge in [-0.15, -0.1) is 0 Å². The van der Waals surface area contributed by atoms with Crippen LogP contribution in [-0.4, -0.2) is 22.1 Å². The molecule has 1 unspecified atom stereocenters. The van der Waals surface area contributed by atoms with Crippen molar-refractivity contribution in [3.63, 3.8) is 0 Å². The van der Waals surface area contributed by atoms with Crippen molar-refractivity contribution < 1.29 is 10.3 Å². The van der Waals surface area contributed by atoms with Gasteiger partial charge in [-0.05, 0) is 18.8 Å². The van der Waals surface area contributed by atoms with Crippen molar-refractivity contribution in [3.8, 4) is 0 Å². The molecule has 0 spiro atoms. The summed E-state index contributed by atoms with van der Waals surface area (Å²) in [6, 6.07) is 9.26. The summed E-state index contributed by atoms with van der Waals surface area (Å²) < 4.78 is 0. The molecule has 3 heteroatoms. The monoisotopic (exact) mass is 221 g/mol. The third kappa shape index (κ3) is 3.66. The van der Waals surface area contributed by atoms with Crippen LogP contribution >= 0.6 is 0 Å². The van der Waals surface area contributed by atoms with Crippen LogP contribution < -0.4 is 0 Å². The fourth-order valence-corrected chi connectivity index (χ4v) is 1.55. The predicted molar refractivity (Wildman–Crippen MR) is 64.8 cm³/mol. The molecule has 1 aromatic carbocycles. The van der Waals surface area contributed by atoms with Crippen molar-refractivity contribution >= 4 is 5.71 Å². The van der Waals surface area contributed by atoms with Gasteiger partial charge < -0.3 is 10.3 Å². The van der Waals surface area contributed by atoms with Crippen LogP contribution in [0.1, 0.15) is 32.3 Å². The van der Waals surface area contributed by atoms with Crippen molar-refractivity contribution in [2.24, 2.45) is 11.1 Å². The van der Waals surface area contributed by atoms with E-state index in [0.29, 0.717) is 18.1 Å². The Hall–Kier alpha value is -1.35. The van der Waals surface area contributed by atoms with Crippen LogP contribution in [0.2, 0.25) is 0 Å². The predicted octanol–water partition coefficient (Wildman–Crippen LogP) is 2.66. The van der Waals surface area contributed by atoms with Crippen LogP contribution in [-0.2, 0) is 0 Å². The zero-order valence-corrected chi connectivity index (χ0v) is 9.80. The SMILES string of the molecule is CC(C)CCC(O)C(=NO)c1ccccc1. The van der Waals surface area contributed by atoms with Gasteiger partial charge in [0.25, 0.3) is 0 Å². The van der Waals surface area contributed by atoms with E-state index in [4.69, 9.17) is 5.21 Å². The van der Waals surface area contributed by atoms with Gasteiger partial charge >= 0.3 is 0 Å². The second-order valence-corrected chi connectivity index (χ2v) is 4.34. The Morgan fingerprint density at radius 2 is 1.81 bits per heavy atom. The quantitative estimate of drug-likeness (QED) is 0.456. The molecule has 0 saturated heterocycles. The van der Waals surface area contributed by atoms with Crippen LogP contribution in [0.5, 0.6) is 0 Å². The Kier molecular flexibility index (Phi) is 4.99. The van der Waals surface area contributed by atoms with Gasteiger partial charge in [-0.1, -0.05) is 49.3 Å². The van der Waals surface area contributed by atoms with Gasteiger partial charge in [0.1, 0.15) is 5.71 Å². The maximum atomic E-state index is 9.92. The first-order chi connectivity index (χ1) is 7.65. The molecule has 0 aromatic heterocycles. The standard InChI is InChI=1S/C13H19NO2/c1-10(2)8-9-12(15)13(14-16)11-6-4-3-5-7-11/h3-7,10,12,15-16H,8-9H2,1-2H3. The molecule has 2 N–H and O–H groups in total. The molecule has 0 bridgehead atoms. The Morgan fingerprint density at radius 3 is 2.31 bits per heavy atom. The number of rotatable bonds is 5. The molecule has 0 heterocycles. The van der Waals surface area contributed by atoms with Gasteiger partial charge in [-0.2, -0.15) is 0 Å². The fourth-order valence-electron chi connectivity index (χ4n) is 1.55. The molecule has 0 saturated carbocycles. The largest absolute Gasteiger partial charge is 0.411 e. The lowest BCUT2D eigenvalue weighted by Crippen LogP contribution is -2.22. The summed E-state index contributed by atoms with van der Waals surface area (Å²) in [4.78, 5) is 0. The lowest BCUT2D eigenvalue weighted by molar-refractivity contribution is 0.212. The van der Waals surface area contributed by atoms with Crippen LogP contribution in [0.25, 0.3) is 0 Å². The van der Waals surface area contributed by atoms with E-state index in [1.54, 1.807) is 0 Å². The number of hydrogen-bond donors (Lipinski definition) is 2. The van der Waals surface area contributed by atoms with E-state index in [9.17, 15) is 5.11 Å². The van der Waals surface area contributed by atoms with Crippen molar-refractivity contribution in [1.82, 2.24) is 0 Å². The lowest BCUT2D eigenvalue weighted by atomic mass is 9.98. The van der Waals surface area contributed by atoms with E-state index in [2.05, 4.69) is 19.0 Å². The van der Waals surface area contributed by atoms with Gasteiger partial charge in [0.15, 0.2) is 0 Å². The molecule has 88 valence electrons. The Morgan fingerprint density at radius 1 is 1.19 bits per heavy atom. The normalized spacial score (nSPS) is 14.1. The second-order valence-electron chi connectivity index (χ2n) is 4.34. The highest BCUT2D eigenvalue weighted by Gasteiger charge is 2.15. The molecule has 0 aliphatic heterocycles. The van der Waals surface area contributed by atoms with Gasteiger partial charge in [0.05, 0.1) is 6.10 Å². The highest BCUT2D eigenvalue weighted by Crippen LogP contribution is 2.12. The zero-order valence-electron chi connectivity index (χ0n) is 9.80. The minimum atomic E-state index is -0.699. The zero-order chi connectivity index (χ0) is 12.0. The van der Waals surface area contributed by atoms with Crippen molar-refractivity contribution in [1.29, 1.82) is 0 Å². The third-order valence-corrected chi connectivity index (χ3v) is 2.51. The molecule has 1 atom stereocenters. The number of hydrogen-bond acceptors (Lipinski definition) is 3. The van der Waals surface area contributed by atoms with Crippen LogP contribution in [0, 0.1) is 5.92 Å². The highest BCUT2D eigenvalue weighted by molar-refractivity contribution is 6.03. The minimum Gasteiger partial charge on any atom is -0.411 e. The van der Waals surface area contributed by atoms with E-state index < -0.39 is 6.10 Å². The first-order valence-electron chi connectivity index (χ1n) is 5.60. The maximum absolute atomic E-state index is 9.92. The van der Waals surface area contributed by atoms with Gasteiger partial charge in [-0.3, -0.25) is 0 Å². The number of aliphatic hydroxyl groups is 1. The minimum absolute atomic E-state index is 0.348. The van der Waals surface area contributed by atoms with Crippen molar-refractivity contribution in [2.75, 3.05) is 0 Å². The molecule has 0 aliphatic carbocycles. The van der Waals surface area contributed by atoms with Crippen LogP contribution in [0.15, 0.2) is 35.5 Å². The summed E-state index contributed by atoms with van der Waals surface area (Å²) in [5.41, 5.74) is 1.11. The summed E-state index contributed by atoms with van der Waals surface area (Å²) in [6.45, 7) is 4.20. The number of nitrogens with zero attached hydrogens (tertiary/aromatic N) is 1. The Balaban J connectivity index is 2.69. The number of benzene rings is 1. The highest BCUT2D eigenvalue weighted by atomic mass is 16.4. The third-order valence-electron chi connectivity index (χ3n) is 2.51. The summed E-state index contributed by atoms with van der Waals surface area (Å²) in [5.74, 6) is 0.533. The summed E-state index contributed by atoms with van der Waals surface area (Å²) in [5, 5.41) is 22.1. The average molecular weight is 221 g/mol. The summed E-state index contributed by atoms with van der Waals surface area (Å²) in [6.07, 6.45) is 0.828. The maximum Gasteiger partial charge on any atom is 0.115 e. The number of aliphatic hydroxyl groups excluding tert-OH is 1. The van der Waals surface area contributed by atoms with E-state index in [1.807, 2.05) is 30.3 Å². The lowest BCUT2D eigenvalue weighted by Gasteiger charge is -2.13. The molecule has 0 amide bonds. The molecule has 16 heavy (non-hydrogen) atoms. The average Bonchev–Trinajstić information content (AvgIpc) is 2.29. The molecule has 0 radical (unpaired) electrons. The van der Waals surface area contributed by atoms with Gasteiger partial charge in [0.2, 0.25) is 0 Å². The van der Waals surface area contributed by atoms with Crippen molar-refractivity contribution in [3.05, 3.63) is 35.9 Å². The molecule has 1 rings (SSSR count). The van der Waals surface area contributed by atoms with Crippen LogP contribution in [0.3, 0.4) is 0 Å². The molecule has 3 nitrogen and oxygen atoms in total. The molecule has 0 fully saturated rings. The fraction of sp³-hybridized carbons (Fsp3) is 0.462. The molecular weight excluding hydrogens is 202 g/mol. The van der Waals surface area contributed by atoms with E-state index in [-0.39, 0.29) is 0 Å². The second kappa shape index (κ2) is 6.28. The molecule has 1 aromatic rings. The first-order valence-corrected chi connectivity index (χ1v) is 5.60. The van der Waals surface area contributed by atoms with Gasteiger partial charge in [-0.25, -0.2) is 0 Å². The molecule has 0 aliphatic rings. The van der Waals surface area contributed by atoms with E-state index >= 15 is 0 Å². The Labute approximate surface area is 96.4 Å². The topological polar surface area (TPSA) is 52.8 Å². The van der Waals surface area contributed by atoms with Crippen molar-refractivity contribution in [2.45, 2.75) is 32.8 Å². The Bertz CT molecular complexity index is 333. The number of oxime groups is 1.